The van der Waals surface area contributed by atoms with Crippen LogP contribution in [0.15, 0.2) is 30.3 Å². The van der Waals surface area contributed by atoms with Crippen molar-refractivity contribution >= 4 is 23.6 Å². The fourth-order valence-corrected chi connectivity index (χ4v) is 3.02. The van der Waals surface area contributed by atoms with Gasteiger partial charge in [0, 0.05) is 11.3 Å². The third-order valence-corrected chi connectivity index (χ3v) is 3.84. The van der Waals surface area contributed by atoms with Gasteiger partial charge in [0.2, 0.25) is 5.91 Å². The summed E-state index contributed by atoms with van der Waals surface area (Å²) in [6, 6.07) is 8.54. The Morgan fingerprint density at radius 1 is 1.42 bits per heavy atom. The summed E-state index contributed by atoms with van der Waals surface area (Å²) in [5, 5.41) is 2.63. The summed E-state index contributed by atoms with van der Waals surface area (Å²) in [5.41, 5.74) is 0.597. The second kappa shape index (κ2) is 6.30. The first-order valence-electron chi connectivity index (χ1n) is 5.89. The van der Waals surface area contributed by atoms with Crippen LogP contribution in [0, 0.1) is 12.3 Å². The molecule has 19 heavy (non-hydrogen) atoms. The van der Waals surface area contributed by atoms with Gasteiger partial charge in [-0.15, -0.1) is 18.2 Å². The van der Waals surface area contributed by atoms with E-state index in [-0.39, 0.29) is 18.4 Å². The molecule has 0 spiro atoms. The van der Waals surface area contributed by atoms with Crippen LogP contribution >= 0.6 is 11.8 Å². The Morgan fingerprint density at radius 2 is 2.16 bits per heavy atom. The molecule has 0 saturated carbocycles. The molecule has 1 atom stereocenters. The van der Waals surface area contributed by atoms with Gasteiger partial charge in [0.1, 0.15) is 6.04 Å². The molecule has 0 unspecified atom stereocenters. The molecular formula is C14H14N2O2S. The predicted molar refractivity (Wildman–Crippen MR) is 75.6 cm³/mol. The zero-order chi connectivity index (χ0) is 13.7. The SMILES string of the molecule is C#CCNC(=O)[C@@H]1CSCN1C(=O)c1ccccc1. The highest BCUT2D eigenvalue weighted by Crippen LogP contribution is 2.23. The van der Waals surface area contributed by atoms with Gasteiger partial charge in [-0.05, 0) is 12.1 Å². The zero-order valence-corrected chi connectivity index (χ0v) is 11.2. The van der Waals surface area contributed by atoms with E-state index in [4.69, 9.17) is 6.42 Å². The van der Waals surface area contributed by atoms with Crippen LogP contribution in [-0.2, 0) is 4.79 Å². The first-order valence-corrected chi connectivity index (χ1v) is 7.04. The second-order valence-electron chi connectivity index (χ2n) is 4.08. The Labute approximate surface area is 116 Å². The van der Waals surface area contributed by atoms with Gasteiger partial charge in [-0.25, -0.2) is 0 Å². The number of nitrogens with zero attached hydrogens (tertiary/aromatic N) is 1. The molecule has 1 heterocycles. The van der Waals surface area contributed by atoms with Crippen molar-refractivity contribution in [3.05, 3.63) is 35.9 Å². The van der Waals surface area contributed by atoms with E-state index in [1.807, 2.05) is 18.2 Å². The average Bonchev–Trinajstić information content (AvgIpc) is 2.94. The van der Waals surface area contributed by atoms with Gasteiger partial charge in [-0.2, -0.15) is 0 Å². The van der Waals surface area contributed by atoms with Crippen LogP contribution in [0.5, 0.6) is 0 Å². The number of amides is 2. The lowest BCUT2D eigenvalue weighted by Gasteiger charge is -2.22. The molecular weight excluding hydrogens is 260 g/mol. The number of benzene rings is 1. The monoisotopic (exact) mass is 274 g/mol. The van der Waals surface area contributed by atoms with Crippen LogP contribution in [0.25, 0.3) is 0 Å². The number of thioether (sulfide) groups is 1. The minimum absolute atomic E-state index is 0.119. The Morgan fingerprint density at radius 3 is 2.84 bits per heavy atom. The van der Waals surface area contributed by atoms with Crippen LogP contribution < -0.4 is 5.32 Å². The standard InChI is InChI=1S/C14H14N2O2S/c1-2-8-15-13(17)12-9-19-10-16(12)14(18)11-6-4-3-5-7-11/h1,3-7,12H,8-10H2,(H,15,17)/t12-/m0/s1. The van der Waals surface area contributed by atoms with E-state index in [2.05, 4.69) is 11.2 Å². The molecule has 1 fully saturated rings. The normalized spacial score (nSPS) is 17.8. The smallest absolute Gasteiger partial charge is 0.255 e. The maximum absolute atomic E-state index is 12.3. The number of rotatable bonds is 3. The summed E-state index contributed by atoms with van der Waals surface area (Å²) in [6.45, 7) is 0.188. The van der Waals surface area contributed by atoms with Gasteiger partial charge in [0.15, 0.2) is 0 Å². The first-order chi connectivity index (χ1) is 9.24. The highest BCUT2D eigenvalue weighted by Gasteiger charge is 2.34. The number of hydrogen-bond donors (Lipinski definition) is 1. The Bertz CT molecular complexity index is 510. The molecule has 98 valence electrons. The second-order valence-corrected chi connectivity index (χ2v) is 5.08. The molecule has 0 aliphatic carbocycles. The molecule has 1 N–H and O–H groups in total. The minimum atomic E-state index is -0.439. The van der Waals surface area contributed by atoms with Crippen molar-refractivity contribution < 1.29 is 9.59 Å². The molecule has 5 heteroatoms. The van der Waals surface area contributed by atoms with E-state index in [1.165, 1.54) is 0 Å². The van der Waals surface area contributed by atoms with Crippen LogP contribution in [0.1, 0.15) is 10.4 Å². The summed E-state index contributed by atoms with van der Waals surface area (Å²) >= 11 is 1.57. The lowest BCUT2D eigenvalue weighted by Crippen LogP contribution is -2.47. The van der Waals surface area contributed by atoms with Crippen molar-refractivity contribution in [1.82, 2.24) is 10.2 Å². The van der Waals surface area contributed by atoms with Crippen LogP contribution in [0.3, 0.4) is 0 Å². The molecule has 2 rings (SSSR count). The zero-order valence-electron chi connectivity index (χ0n) is 10.3. The lowest BCUT2D eigenvalue weighted by molar-refractivity contribution is -0.124. The molecule has 1 aromatic rings. The van der Waals surface area contributed by atoms with Crippen LogP contribution in [0.2, 0.25) is 0 Å². The quantitative estimate of drug-likeness (QED) is 0.835. The molecule has 1 aliphatic rings. The van der Waals surface area contributed by atoms with E-state index < -0.39 is 6.04 Å². The molecule has 2 amide bonds. The summed E-state index contributed by atoms with van der Waals surface area (Å²) in [5.74, 6) is 3.18. The number of terminal acetylenes is 1. The Hall–Kier alpha value is -1.93. The van der Waals surface area contributed by atoms with Crippen molar-refractivity contribution in [2.75, 3.05) is 18.2 Å². The third-order valence-electron chi connectivity index (χ3n) is 2.83. The Kier molecular flexibility index (Phi) is 4.48. The maximum atomic E-state index is 12.3. The van der Waals surface area contributed by atoms with Crippen molar-refractivity contribution in [2.45, 2.75) is 6.04 Å². The molecule has 0 aromatic heterocycles. The van der Waals surface area contributed by atoms with E-state index in [0.717, 1.165) is 0 Å². The summed E-state index contributed by atoms with van der Waals surface area (Å²) < 4.78 is 0. The average molecular weight is 274 g/mol. The predicted octanol–water partition coefficient (Wildman–Crippen LogP) is 0.951. The Balaban J connectivity index is 2.09. The van der Waals surface area contributed by atoms with Gasteiger partial charge in [0.25, 0.3) is 5.91 Å². The van der Waals surface area contributed by atoms with Gasteiger partial charge in [-0.1, -0.05) is 24.1 Å². The molecule has 0 bridgehead atoms. The van der Waals surface area contributed by atoms with Crippen LogP contribution in [-0.4, -0.2) is 40.9 Å². The van der Waals surface area contributed by atoms with Crippen molar-refractivity contribution in [2.24, 2.45) is 0 Å². The summed E-state index contributed by atoms with van der Waals surface area (Å²) in [7, 11) is 0. The van der Waals surface area contributed by atoms with Crippen LogP contribution in [0.4, 0.5) is 0 Å². The van der Waals surface area contributed by atoms with E-state index in [9.17, 15) is 9.59 Å². The highest BCUT2D eigenvalue weighted by atomic mass is 32.2. The first kappa shape index (κ1) is 13.5. The highest BCUT2D eigenvalue weighted by molar-refractivity contribution is 7.99. The van der Waals surface area contributed by atoms with Gasteiger partial charge < -0.3 is 10.2 Å². The fourth-order valence-electron chi connectivity index (χ4n) is 1.86. The van der Waals surface area contributed by atoms with E-state index >= 15 is 0 Å². The maximum Gasteiger partial charge on any atom is 0.255 e. The number of hydrogen-bond acceptors (Lipinski definition) is 3. The molecule has 1 saturated heterocycles. The third kappa shape index (κ3) is 3.09. The van der Waals surface area contributed by atoms with Crippen molar-refractivity contribution in [3.63, 3.8) is 0 Å². The lowest BCUT2D eigenvalue weighted by atomic mass is 10.1. The largest absolute Gasteiger partial charge is 0.343 e. The minimum Gasteiger partial charge on any atom is -0.343 e. The summed E-state index contributed by atoms with van der Waals surface area (Å²) in [4.78, 5) is 25.9. The summed E-state index contributed by atoms with van der Waals surface area (Å²) in [6.07, 6.45) is 5.11. The molecule has 1 aromatic carbocycles. The molecule has 1 aliphatic heterocycles. The van der Waals surface area contributed by atoms with Gasteiger partial charge in [-0.3, -0.25) is 9.59 Å². The molecule has 4 nitrogen and oxygen atoms in total. The van der Waals surface area contributed by atoms with E-state index in [1.54, 1.807) is 28.8 Å². The topological polar surface area (TPSA) is 49.4 Å². The van der Waals surface area contributed by atoms with Gasteiger partial charge in [0.05, 0.1) is 12.4 Å². The van der Waals surface area contributed by atoms with E-state index in [0.29, 0.717) is 17.2 Å². The molecule has 0 radical (unpaired) electrons. The van der Waals surface area contributed by atoms with Gasteiger partial charge >= 0.3 is 0 Å². The van der Waals surface area contributed by atoms with Crippen molar-refractivity contribution in [3.8, 4) is 12.3 Å². The number of carbonyl (C=O) groups is 2. The van der Waals surface area contributed by atoms with Crippen molar-refractivity contribution in [1.29, 1.82) is 0 Å². The number of carbonyl (C=O) groups excluding carboxylic acids is 2. The number of nitrogens with one attached hydrogen (secondary N) is 1. The fraction of sp³-hybridized carbons (Fsp3) is 0.286.